The van der Waals surface area contributed by atoms with Crippen LogP contribution < -0.4 is 5.32 Å². The molecule has 1 aliphatic heterocycles. The van der Waals surface area contributed by atoms with Gasteiger partial charge >= 0.3 is 0 Å². The van der Waals surface area contributed by atoms with E-state index in [1.54, 1.807) is 6.07 Å². The van der Waals surface area contributed by atoms with Crippen molar-refractivity contribution >= 4 is 23.0 Å². The van der Waals surface area contributed by atoms with Gasteiger partial charge in [0.05, 0.1) is 21.7 Å². The summed E-state index contributed by atoms with van der Waals surface area (Å²) < 4.78 is 0. The summed E-state index contributed by atoms with van der Waals surface area (Å²) in [6.07, 6.45) is 5.29. The first kappa shape index (κ1) is 17.1. The lowest BCUT2D eigenvalue weighted by atomic mass is 9.76. The van der Waals surface area contributed by atoms with Crippen LogP contribution in [0.25, 0.3) is 0 Å². The maximum Gasteiger partial charge on any atom is 0.271 e. The lowest BCUT2D eigenvalue weighted by Crippen LogP contribution is -2.29. The quantitative estimate of drug-likeness (QED) is 0.398. The molecule has 2 aromatic rings. The van der Waals surface area contributed by atoms with E-state index >= 15 is 0 Å². The zero-order valence-corrected chi connectivity index (χ0v) is 15.5. The van der Waals surface area contributed by atoms with Gasteiger partial charge in [-0.1, -0.05) is 61.9 Å². The van der Waals surface area contributed by atoms with Gasteiger partial charge in [0.15, 0.2) is 0 Å². The first-order chi connectivity index (χ1) is 12.5. The summed E-state index contributed by atoms with van der Waals surface area (Å²) in [5.74, 6) is 0.990. The molecule has 0 bridgehead atoms. The average Bonchev–Trinajstić information content (AvgIpc) is 3.11. The summed E-state index contributed by atoms with van der Waals surface area (Å²) >= 11 is 6.41. The van der Waals surface area contributed by atoms with Crippen LogP contribution in [0.2, 0.25) is 5.02 Å². The molecule has 0 saturated carbocycles. The van der Waals surface area contributed by atoms with E-state index in [9.17, 15) is 10.1 Å². The van der Waals surface area contributed by atoms with Crippen molar-refractivity contribution in [2.45, 2.75) is 38.1 Å². The average molecular weight is 369 g/mol. The number of halogens is 1. The molecule has 0 fully saturated rings. The highest BCUT2D eigenvalue weighted by Gasteiger charge is 2.39. The second-order valence-corrected chi connectivity index (χ2v) is 7.85. The second kappa shape index (κ2) is 6.44. The van der Waals surface area contributed by atoms with Crippen LogP contribution in [-0.4, -0.2) is 4.92 Å². The Balaban J connectivity index is 1.76. The summed E-state index contributed by atoms with van der Waals surface area (Å²) in [5, 5.41) is 15.2. The highest BCUT2D eigenvalue weighted by molar-refractivity contribution is 6.33. The molecule has 1 N–H and O–H groups in total. The smallest absolute Gasteiger partial charge is 0.271 e. The van der Waals surface area contributed by atoms with Crippen molar-refractivity contribution in [3.8, 4) is 0 Å². The first-order valence-electron chi connectivity index (χ1n) is 8.96. The molecule has 2 aliphatic rings. The largest absolute Gasteiger partial charge is 0.376 e. The van der Waals surface area contributed by atoms with E-state index in [-0.39, 0.29) is 22.6 Å². The molecule has 2 aromatic carbocycles. The fourth-order valence-electron chi connectivity index (χ4n) is 4.16. The molecule has 0 radical (unpaired) electrons. The maximum absolute atomic E-state index is 11.2. The maximum atomic E-state index is 11.2. The minimum absolute atomic E-state index is 0.0503. The van der Waals surface area contributed by atoms with Gasteiger partial charge in [-0.05, 0) is 34.9 Å². The zero-order chi connectivity index (χ0) is 18.4. The highest BCUT2D eigenvalue weighted by Crippen LogP contribution is 2.52. The van der Waals surface area contributed by atoms with Crippen molar-refractivity contribution in [2.24, 2.45) is 5.92 Å². The minimum Gasteiger partial charge on any atom is -0.376 e. The van der Waals surface area contributed by atoms with Crippen LogP contribution >= 0.6 is 11.6 Å². The molecular weight excluding hydrogens is 348 g/mol. The van der Waals surface area contributed by atoms with Crippen LogP contribution in [0.4, 0.5) is 11.4 Å². The molecule has 5 heteroatoms. The van der Waals surface area contributed by atoms with Gasteiger partial charge in [0, 0.05) is 18.1 Å². The van der Waals surface area contributed by atoms with Crippen molar-refractivity contribution in [3.05, 3.63) is 80.4 Å². The number of anilines is 1. The molecule has 3 atom stereocenters. The normalized spacial score (nSPS) is 23.5. The highest BCUT2D eigenvalue weighted by atomic mass is 35.5. The Hall–Kier alpha value is -2.33. The molecule has 0 amide bonds. The van der Waals surface area contributed by atoms with E-state index in [0.717, 1.165) is 17.7 Å². The van der Waals surface area contributed by atoms with E-state index < -0.39 is 0 Å². The van der Waals surface area contributed by atoms with Crippen LogP contribution in [0.15, 0.2) is 48.6 Å². The van der Waals surface area contributed by atoms with Crippen LogP contribution in [-0.2, 0) is 0 Å². The first-order valence-corrected chi connectivity index (χ1v) is 9.34. The van der Waals surface area contributed by atoms with Crippen LogP contribution in [0.3, 0.4) is 0 Å². The number of nitrogens with zero attached hydrogens (tertiary/aromatic N) is 1. The number of hydrogen-bond donors (Lipinski definition) is 1. The summed E-state index contributed by atoms with van der Waals surface area (Å²) in [7, 11) is 0. The third-order valence-corrected chi connectivity index (χ3v) is 5.88. The van der Waals surface area contributed by atoms with Gasteiger partial charge in [-0.15, -0.1) is 0 Å². The standard InChI is InChI=1S/C21H21ClN2O2/c1-12(2)13-6-8-14(9-7-13)20-17-5-3-4-16(17)18-10-15(24(25)26)11-19(22)21(18)23-20/h3-4,6-12,16-17,20,23H,5H2,1-2H3/t16-,17-,20-/m0/s1. The number of allylic oxidation sites excluding steroid dienone is 2. The second-order valence-electron chi connectivity index (χ2n) is 7.45. The van der Waals surface area contributed by atoms with Crippen molar-refractivity contribution in [1.82, 2.24) is 0 Å². The van der Waals surface area contributed by atoms with Crippen molar-refractivity contribution in [1.29, 1.82) is 0 Å². The van der Waals surface area contributed by atoms with E-state index in [0.29, 0.717) is 16.9 Å². The zero-order valence-electron chi connectivity index (χ0n) is 14.8. The summed E-state index contributed by atoms with van der Waals surface area (Å²) in [6.45, 7) is 4.38. The molecule has 4 nitrogen and oxygen atoms in total. The van der Waals surface area contributed by atoms with Gasteiger partial charge in [-0.3, -0.25) is 10.1 Å². The summed E-state index contributed by atoms with van der Waals surface area (Å²) in [5.41, 5.74) is 4.35. The number of fused-ring (bicyclic) bond motifs is 3. The molecule has 0 spiro atoms. The number of hydrogen-bond acceptors (Lipinski definition) is 3. The predicted octanol–water partition coefficient (Wildman–Crippen LogP) is 6.20. The minimum atomic E-state index is -0.378. The number of non-ortho nitro benzene ring substituents is 1. The Morgan fingerprint density at radius 3 is 2.62 bits per heavy atom. The lowest BCUT2D eigenvalue weighted by molar-refractivity contribution is -0.384. The number of nitro benzene ring substituents is 1. The van der Waals surface area contributed by atoms with Gasteiger partial charge in [0.2, 0.25) is 0 Å². The fourth-order valence-corrected chi connectivity index (χ4v) is 4.44. The van der Waals surface area contributed by atoms with Crippen LogP contribution in [0.1, 0.15) is 54.8 Å². The van der Waals surface area contributed by atoms with E-state index in [1.807, 2.05) is 0 Å². The monoisotopic (exact) mass is 368 g/mol. The molecule has 26 heavy (non-hydrogen) atoms. The van der Waals surface area contributed by atoms with Crippen molar-refractivity contribution in [2.75, 3.05) is 5.32 Å². The number of rotatable bonds is 3. The van der Waals surface area contributed by atoms with Gasteiger partial charge in [0.1, 0.15) is 0 Å². The Morgan fingerprint density at radius 1 is 1.23 bits per heavy atom. The van der Waals surface area contributed by atoms with Gasteiger partial charge < -0.3 is 5.32 Å². The molecule has 0 unspecified atom stereocenters. The van der Waals surface area contributed by atoms with Crippen molar-refractivity contribution < 1.29 is 4.92 Å². The van der Waals surface area contributed by atoms with Gasteiger partial charge in [-0.2, -0.15) is 0 Å². The lowest BCUT2D eigenvalue weighted by Gasteiger charge is -2.38. The van der Waals surface area contributed by atoms with Gasteiger partial charge in [0.25, 0.3) is 5.69 Å². The number of nitro groups is 1. The summed E-state index contributed by atoms with van der Waals surface area (Å²) in [6, 6.07) is 12.0. The number of nitrogens with one attached hydrogen (secondary N) is 1. The third-order valence-electron chi connectivity index (χ3n) is 5.58. The van der Waals surface area contributed by atoms with Crippen LogP contribution in [0.5, 0.6) is 0 Å². The molecule has 134 valence electrons. The predicted molar refractivity (Wildman–Crippen MR) is 105 cm³/mol. The van der Waals surface area contributed by atoms with E-state index in [4.69, 9.17) is 11.6 Å². The molecule has 1 heterocycles. The number of benzene rings is 2. The molecular formula is C21H21ClN2O2. The Bertz CT molecular complexity index is 890. The van der Waals surface area contributed by atoms with Crippen molar-refractivity contribution in [3.63, 3.8) is 0 Å². The van der Waals surface area contributed by atoms with Gasteiger partial charge in [-0.25, -0.2) is 0 Å². The Labute approximate surface area is 158 Å². The summed E-state index contributed by atoms with van der Waals surface area (Å²) in [4.78, 5) is 10.8. The molecule has 0 aromatic heterocycles. The molecule has 0 saturated heterocycles. The van der Waals surface area contributed by atoms with E-state index in [2.05, 4.69) is 55.6 Å². The Morgan fingerprint density at radius 2 is 1.96 bits per heavy atom. The molecule has 4 rings (SSSR count). The fraction of sp³-hybridized carbons (Fsp3) is 0.333. The van der Waals surface area contributed by atoms with E-state index in [1.165, 1.54) is 17.2 Å². The van der Waals surface area contributed by atoms with Crippen LogP contribution in [0, 0.1) is 16.0 Å². The topological polar surface area (TPSA) is 55.2 Å². The third kappa shape index (κ3) is 2.78. The molecule has 1 aliphatic carbocycles. The Kier molecular flexibility index (Phi) is 4.23. The SMILES string of the molecule is CC(C)c1ccc([C@@H]2Nc3c(Cl)cc([N+](=O)[O-])cc3[C@H]3C=CC[C@@H]32)cc1.